The molecule has 0 aromatic carbocycles. The Morgan fingerprint density at radius 1 is 1.35 bits per heavy atom. The molecule has 1 saturated heterocycles. The second-order valence-corrected chi connectivity index (χ2v) is 4.68. The zero-order valence-electron chi connectivity index (χ0n) is 11.5. The van der Waals surface area contributed by atoms with E-state index >= 15 is 0 Å². The van der Waals surface area contributed by atoms with Gasteiger partial charge in [-0.2, -0.15) is 0 Å². The quantitative estimate of drug-likeness (QED) is 0.752. The van der Waals surface area contributed by atoms with Crippen molar-refractivity contribution in [3.8, 4) is 0 Å². The molecule has 1 aromatic rings. The molecule has 0 unspecified atom stereocenters. The Kier molecular flexibility index (Phi) is 4.52. The lowest BCUT2D eigenvalue weighted by molar-refractivity contribution is -0.122. The highest BCUT2D eigenvalue weighted by atomic mass is 16.2. The summed E-state index contributed by atoms with van der Waals surface area (Å²) in [5.74, 6) is -0.165. The van der Waals surface area contributed by atoms with Crippen molar-refractivity contribution in [1.29, 1.82) is 0 Å². The Balaban J connectivity index is 1.92. The fraction of sp³-hybridized carbons (Fsp3) is 0.462. The average Bonchev–Trinajstić information content (AvgIpc) is 2.47. The number of anilines is 1. The molecule has 1 aliphatic heterocycles. The summed E-state index contributed by atoms with van der Waals surface area (Å²) in [5.41, 5.74) is 6.46. The predicted octanol–water partition coefficient (Wildman–Crippen LogP) is -0.832. The number of nitrogens with one attached hydrogen (secondary N) is 1. The van der Waals surface area contributed by atoms with Gasteiger partial charge in [0.15, 0.2) is 5.69 Å². The minimum Gasteiger partial charge on any atom is -0.397 e. The summed E-state index contributed by atoms with van der Waals surface area (Å²) in [6, 6.07) is 3.37. The van der Waals surface area contributed by atoms with Crippen molar-refractivity contribution in [3.05, 3.63) is 24.0 Å². The fourth-order valence-corrected chi connectivity index (χ4v) is 2.14. The van der Waals surface area contributed by atoms with Crippen LogP contribution in [-0.2, 0) is 4.79 Å². The van der Waals surface area contributed by atoms with Gasteiger partial charge in [0.1, 0.15) is 0 Å². The minimum absolute atomic E-state index is 0.0150. The summed E-state index contributed by atoms with van der Waals surface area (Å²) < 4.78 is 0. The maximum atomic E-state index is 12.3. The van der Waals surface area contributed by atoms with Crippen LogP contribution in [0.3, 0.4) is 0 Å². The lowest BCUT2D eigenvalue weighted by Gasteiger charge is -2.34. The number of nitrogens with zero attached hydrogens (tertiary/aromatic N) is 3. The molecule has 0 atom stereocenters. The number of hydrogen-bond acceptors (Lipinski definition) is 5. The second-order valence-electron chi connectivity index (χ2n) is 4.68. The summed E-state index contributed by atoms with van der Waals surface area (Å²) in [6.45, 7) is 2.86. The molecule has 0 saturated carbocycles. The molecule has 7 nitrogen and oxygen atoms in total. The van der Waals surface area contributed by atoms with Crippen LogP contribution in [0.4, 0.5) is 5.69 Å². The smallest absolute Gasteiger partial charge is 0.274 e. The number of amides is 2. The van der Waals surface area contributed by atoms with E-state index in [0.717, 1.165) is 0 Å². The van der Waals surface area contributed by atoms with Gasteiger partial charge >= 0.3 is 0 Å². The first-order valence-corrected chi connectivity index (χ1v) is 6.54. The van der Waals surface area contributed by atoms with Crippen LogP contribution in [0.2, 0.25) is 0 Å². The lowest BCUT2D eigenvalue weighted by atomic mass is 10.2. The standard InChI is InChI=1S/C13H19N5O2/c1-15-11(19)9-17-5-7-18(8-6-17)13(20)12-10(14)3-2-4-16-12/h2-4H,5-9,14H2,1H3,(H,15,19). The highest BCUT2D eigenvalue weighted by Crippen LogP contribution is 2.12. The molecule has 0 radical (unpaired) electrons. The van der Waals surface area contributed by atoms with Crippen LogP contribution < -0.4 is 11.1 Å². The summed E-state index contributed by atoms with van der Waals surface area (Å²) in [5, 5.41) is 2.59. The number of pyridine rings is 1. The Bertz CT molecular complexity index is 497. The van der Waals surface area contributed by atoms with Crippen LogP contribution in [0.1, 0.15) is 10.5 Å². The third-order valence-corrected chi connectivity index (χ3v) is 3.35. The van der Waals surface area contributed by atoms with Gasteiger partial charge in [0, 0.05) is 39.4 Å². The van der Waals surface area contributed by atoms with Crippen molar-refractivity contribution in [2.75, 3.05) is 45.5 Å². The number of carbonyl (C=O) groups is 2. The minimum atomic E-state index is -0.150. The predicted molar refractivity (Wildman–Crippen MR) is 75.1 cm³/mol. The lowest BCUT2D eigenvalue weighted by Crippen LogP contribution is -2.51. The third-order valence-electron chi connectivity index (χ3n) is 3.35. The molecule has 7 heteroatoms. The van der Waals surface area contributed by atoms with Crippen molar-refractivity contribution in [1.82, 2.24) is 20.1 Å². The van der Waals surface area contributed by atoms with E-state index < -0.39 is 0 Å². The van der Waals surface area contributed by atoms with E-state index in [1.165, 1.54) is 0 Å². The molecule has 3 N–H and O–H groups in total. The van der Waals surface area contributed by atoms with Crippen LogP contribution >= 0.6 is 0 Å². The molecular weight excluding hydrogens is 258 g/mol. The topological polar surface area (TPSA) is 91.6 Å². The molecule has 0 bridgehead atoms. The Morgan fingerprint density at radius 2 is 2.05 bits per heavy atom. The molecule has 2 heterocycles. The maximum absolute atomic E-state index is 12.3. The highest BCUT2D eigenvalue weighted by Gasteiger charge is 2.24. The van der Waals surface area contributed by atoms with Gasteiger partial charge in [0.2, 0.25) is 5.91 Å². The maximum Gasteiger partial charge on any atom is 0.274 e. The Morgan fingerprint density at radius 3 is 2.65 bits per heavy atom. The van der Waals surface area contributed by atoms with Crippen molar-refractivity contribution in [2.45, 2.75) is 0 Å². The number of rotatable bonds is 3. The van der Waals surface area contributed by atoms with Gasteiger partial charge in [-0.3, -0.25) is 14.5 Å². The normalized spacial score (nSPS) is 15.9. The summed E-state index contributed by atoms with van der Waals surface area (Å²) >= 11 is 0. The zero-order valence-corrected chi connectivity index (χ0v) is 11.5. The molecule has 108 valence electrons. The van der Waals surface area contributed by atoms with Crippen LogP contribution in [0.15, 0.2) is 18.3 Å². The first-order chi connectivity index (χ1) is 9.61. The molecule has 1 fully saturated rings. The number of piperazine rings is 1. The van der Waals surface area contributed by atoms with Crippen LogP contribution in [-0.4, -0.2) is 66.4 Å². The van der Waals surface area contributed by atoms with Gasteiger partial charge in [0.25, 0.3) is 5.91 Å². The Labute approximate surface area is 117 Å². The number of aromatic nitrogens is 1. The van der Waals surface area contributed by atoms with E-state index in [-0.39, 0.29) is 11.8 Å². The van der Waals surface area contributed by atoms with Crippen molar-refractivity contribution in [3.63, 3.8) is 0 Å². The molecular formula is C13H19N5O2. The zero-order chi connectivity index (χ0) is 14.5. The van der Waals surface area contributed by atoms with Crippen LogP contribution in [0.5, 0.6) is 0 Å². The monoisotopic (exact) mass is 277 g/mol. The van der Waals surface area contributed by atoms with E-state index in [1.807, 2.05) is 4.90 Å². The summed E-state index contributed by atoms with van der Waals surface area (Å²) in [7, 11) is 1.62. The molecule has 1 aromatic heterocycles. The molecule has 1 aliphatic rings. The molecule has 20 heavy (non-hydrogen) atoms. The van der Waals surface area contributed by atoms with E-state index in [9.17, 15) is 9.59 Å². The van der Waals surface area contributed by atoms with Gasteiger partial charge in [-0.25, -0.2) is 4.98 Å². The van der Waals surface area contributed by atoms with E-state index in [4.69, 9.17) is 5.73 Å². The average molecular weight is 277 g/mol. The number of nitrogens with two attached hydrogens (primary N) is 1. The number of hydrogen-bond donors (Lipinski definition) is 2. The molecule has 2 rings (SSSR count). The molecule has 2 amide bonds. The SMILES string of the molecule is CNC(=O)CN1CCN(C(=O)c2ncccc2N)CC1. The van der Waals surface area contributed by atoms with Crippen molar-refractivity contribution < 1.29 is 9.59 Å². The summed E-state index contributed by atoms with van der Waals surface area (Å²) in [6.07, 6.45) is 1.56. The number of carbonyl (C=O) groups excluding carboxylic acids is 2. The first kappa shape index (κ1) is 14.3. The van der Waals surface area contributed by atoms with E-state index in [2.05, 4.69) is 10.3 Å². The third kappa shape index (κ3) is 3.24. The number of nitrogen functional groups attached to an aromatic ring is 1. The van der Waals surface area contributed by atoms with Gasteiger partial charge < -0.3 is 16.0 Å². The molecule has 0 spiro atoms. The van der Waals surface area contributed by atoms with Gasteiger partial charge in [-0.05, 0) is 12.1 Å². The van der Waals surface area contributed by atoms with Crippen molar-refractivity contribution >= 4 is 17.5 Å². The van der Waals surface area contributed by atoms with E-state index in [1.54, 1.807) is 30.3 Å². The highest BCUT2D eigenvalue weighted by molar-refractivity contribution is 5.97. The van der Waals surface area contributed by atoms with Crippen LogP contribution in [0.25, 0.3) is 0 Å². The van der Waals surface area contributed by atoms with Crippen LogP contribution in [0, 0.1) is 0 Å². The molecule has 0 aliphatic carbocycles. The van der Waals surface area contributed by atoms with Gasteiger partial charge in [-0.15, -0.1) is 0 Å². The Hall–Kier alpha value is -2.15. The summed E-state index contributed by atoms with van der Waals surface area (Å²) in [4.78, 5) is 31.4. The van der Waals surface area contributed by atoms with E-state index in [0.29, 0.717) is 44.1 Å². The fourth-order valence-electron chi connectivity index (χ4n) is 2.14. The van der Waals surface area contributed by atoms with Gasteiger partial charge in [0.05, 0.1) is 12.2 Å². The first-order valence-electron chi connectivity index (χ1n) is 6.54. The second kappa shape index (κ2) is 6.33. The number of likely N-dealkylation sites (N-methyl/N-ethyl adjacent to an activating group) is 1. The van der Waals surface area contributed by atoms with Crippen molar-refractivity contribution in [2.24, 2.45) is 0 Å². The largest absolute Gasteiger partial charge is 0.397 e. The van der Waals surface area contributed by atoms with Gasteiger partial charge in [-0.1, -0.05) is 0 Å².